The Morgan fingerprint density at radius 3 is 2.67 bits per heavy atom. The lowest BCUT2D eigenvalue weighted by molar-refractivity contribution is -0.139. The van der Waals surface area contributed by atoms with Gasteiger partial charge in [-0.25, -0.2) is 0 Å². The van der Waals surface area contributed by atoms with Crippen molar-refractivity contribution in [1.29, 1.82) is 0 Å². The summed E-state index contributed by atoms with van der Waals surface area (Å²) in [6.07, 6.45) is 1.76. The van der Waals surface area contributed by atoms with Gasteiger partial charge < -0.3 is 5.11 Å². The largest absolute Gasteiger partial charge is 0.480 e. The number of rotatable bonds is 5. The second-order valence-electron chi connectivity index (χ2n) is 3.97. The molecule has 2 unspecified atom stereocenters. The normalized spacial score (nSPS) is 14.1. The van der Waals surface area contributed by atoms with Gasteiger partial charge in [0.25, 0.3) is 0 Å². The van der Waals surface area contributed by atoms with Crippen molar-refractivity contribution in [1.82, 2.24) is 10.3 Å². The number of carboxylic acids is 1. The van der Waals surface area contributed by atoms with Gasteiger partial charge in [0.05, 0.1) is 5.51 Å². The van der Waals surface area contributed by atoms with Crippen LogP contribution in [0, 0.1) is 0 Å². The molecule has 0 radical (unpaired) electrons. The van der Waals surface area contributed by atoms with Crippen molar-refractivity contribution in [2.45, 2.75) is 19.0 Å². The Balaban J connectivity index is 2.15. The summed E-state index contributed by atoms with van der Waals surface area (Å²) in [5.41, 5.74) is 2.49. The summed E-state index contributed by atoms with van der Waals surface area (Å²) in [5, 5.41) is 12.4. The zero-order valence-electron chi connectivity index (χ0n) is 9.91. The number of aliphatic carboxylic acids is 1. The Labute approximate surface area is 109 Å². The van der Waals surface area contributed by atoms with Crippen LogP contribution in [0.3, 0.4) is 0 Å². The molecule has 1 aromatic heterocycles. The highest BCUT2D eigenvalue weighted by molar-refractivity contribution is 7.09. The van der Waals surface area contributed by atoms with Gasteiger partial charge in [-0.3, -0.25) is 15.1 Å². The molecule has 0 bridgehead atoms. The monoisotopic (exact) mass is 262 g/mol. The standard InChI is InChI=1S/C13H14N2O2S/c1-9(11-7-14-8-18-11)15-12(13(16)17)10-5-3-2-4-6-10/h2-9,12,15H,1H3,(H,16,17). The zero-order valence-corrected chi connectivity index (χ0v) is 10.7. The van der Waals surface area contributed by atoms with Crippen LogP contribution in [0.1, 0.15) is 29.4 Å². The minimum atomic E-state index is -0.877. The lowest BCUT2D eigenvalue weighted by Gasteiger charge is -2.19. The summed E-state index contributed by atoms with van der Waals surface area (Å²) < 4.78 is 0. The average Bonchev–Trinajstić information content (AvgIpc) is 2.90. The number of carbonyl (C=O) groups is 1. The van der Waals surface area contributed by atoms with Gasteiger partial charge in [-0.1, -0.05) is 30.3 Å². The molecule has 0 amide bonds. The molecule has 5 heteroatoms. The molecule has 2 aromatic rings. The first-order valence-electron chi connectivity index (χ1n) is 5.60. The van der Waals surface area contributed by atoms with Gasteiger partial charge >= 0.3 is 5.97 Å². The summed E-state index contributed by atoms with van der Waals surface area (Å²) in [6, 6.07) is 8.42. The third kappa shape index (κ3) is 2.94. The highest BCUT2D eigenvalue weighted by Gasteiger charge is 2.22. The summed E-state index contributed by atoms with van der Waals surface area (Å²) in [5.74, 6) is -0.877. The van der Waals surface area contributed by atoms with Crippen LogP contribution in [0.15, 0.2) is 42.0 Å². The molecule has 94 valence electrons. The summed E-state index contributed by atoms with van der Waals surface area (Å²) in [6.45, 7) is 1.94. The van der Waals surface area contributed by atoms with E-state index < -0.39 is 12.0 Å². The topological polar surface area (TPSA) is 62.2 Å². The first-order valence-corrected chi connectivity index (χ1v) is 6.48. The van der Waals surface area contributed by atoms with E-state index in [1.807, 2.05) is 37.3 Å². The number of benzene rings is 1. The van der Waals surface area contributed by atoms with Crippen molar-refractivity contribution < 1.29 is 9.90 Å². The molecule has 2 N–H and O–H groups in total. The molecule has 0 aliphatic rings. The van der Waals surface area contributed by atoms with Crippen molar-refractivity contribution in [2.24, 2.45) is 0 Å². The van der Waals surface area contributed by atoms with E-state index >= 15 is 0 Å². The van der Waals surface area contributed by atoms with Crippen LogP contribution in [0.2, 0.25) is 0 Å². The maximum atomic E-state index is 11.3. The van der Waals surface area contributed by atoms with Crippen LogP contribution in [0.5, 0.6) is 0 Å². The molecule has 1 heterocycles. The molecule has 2 atom stereocenters. The van der Waals surface area contributed by atoms with Gasteiger partial charge in [0.1, 0.15) is 6.04 Å². The maximum Gasteiger partial charge on any atom is 0.325 e. The summed E-state index contributed by atoms with van der Waals surface area (Å²) in [4.78, 5) is 16.4. The molecule has 0 saturated heterocycles. The Kier molecular flexibility index (Phi) is 4.07. The smallest absolute Gasteiger partial charge is 0.325 e. The average molecular weight is 262 g/mol. The van der Waals surface area contributed by atoms with E-state index in [-0.39, 0.29) is 6.04 Å². The van der Waals surface area contributed by atoms with Gasteiger partial charge in [0.2, 0.25) is 0 Å². The third-order valence-electron chi connectivity index (χ3n) is 2.67. The molecule has 0 aliphatic heterocycles. The first-order chi connectivity index (χ1) is 8.68. The Hall–Kier alpha value is -1.72. The van der Waals surface area contributed by atoms with Crippen LogP contribution in [-0.2, 0) is 4.79 Å². The molecule has 0 spiro atoms. The fourth-order valence-electron chi connectivity index (χ4n) is 1.73. The van der Waals surface area contributed by atoms with Crippen molar-refractivity contribution in [2.75, 3.05) is 0 Å². The fourth-order valence-corrected chi connectivity index (χ4v) is 2.36. The van der Waals surface area contributed by atoms with E-state index in [4.69, 9.17) is 0 Å². The lowest BCUT2D eigenvalue weighted by atomic mass is 10.1. The fraction of sp³-hybridized carbons (Fsp3) is 0.231. The quantitative estimate of drug-likeness (QED) is 0.869. The van der Waals surface area contributed by atoms with Crippen molar-refractivity contribution in [3.63, 3.8) is 0 Å². The first kappa shape index (κ1) is 12.7. The number of hydrogen-bond acceptors (Lipinski definition) is 4. The van der Waals surface area contributed by atoms with Crippen LogP contribution < -0.4 is 5.32 Å². The Morgan fingerprint density at radius 2 is 2.11 bits per heavy atom. The third-order valence-corrected chi connectivity index (χ3v) is 3.63. The highest BCUT2D eigenvalue weighted by atomic mass is 32.1. The van der Waals surface area contributed by atoms with E-state index in [2.05, 4.69) is 10.3 Å². The number of aromatic nitrogens is 1. The summed E-state index contributed by atoms with van der Waals surface area (Å²) >= 11 is 1.51. The molecular formula is C13H14N2O2S. The number of nitrogens with one attached hydrogen (secondary N) is 1. The van der Waals surface area contributed by atoms with Crippen LogP contribution in [-0.4, -0.2) is 16.1 Å². The van der Waals surface area contributed by atoms with Crippen molar-refractivity contribution in [3.05, 3.63) is 52.5 Å². The molecule has 2 rings (SSSR count). The van der Waals surface area contributed by atoms with Gasteiger partial charge in [-0.05, 0) is 12.5 Å². The molecule has 0 saturated carbocycles. The molecule has 1 aromatic carbocycles. The number of nitrogens with zero attached hydrogens (tertiary/aromatic N) is 1. The SMILES string of the molecule is CC(NC(C(=O)O)c1ccccc1)c1cncs1. The van der Waals surface area contributed by atoms with E-state index in [1.54, 1.807) is 11.7 Å². The summed E-state index contributed by atoms with van der Waals surface area (Å²) in [7, 11) is 0. The predicted molar refractivity (Wildman–Crippen MR) is 70.5 cm³/mol. The van der Waals surface area contributed by atoms with E-state index in [0.717, 1.165) is 10.4 Å². The van der Waals surface area contributed by atoms with Gasteiger partial charge in [-0.15, -0.1) is 11.3 Å². The number of carboxylic acid groups (broad SMARTS) is 1. The molecule has 18 heavy (non-hydrogen) atoms. The second kappa shape index (κ2) is 5.75. The molecule has 0 aliphatic carbocycles. The van der Waals surface area contributed by atoms with Gasteiger partial charge in [0, 0.05) is 17.1 Å². The minimum Gasteiger partial charge on any atom is -0.480 e. The molecule has 4 nitrogen and oxygen atoms in total. The minimum absolute atomic E-state index is 0.0428. The highest BCUT2D eigenvalue weighted by Crippen LogP contribution is 2.22. The Morgan fingerprint density at radius 1 is 1.39 bits per heavy atom. The van der Waals surface area contributed by atoms with E-state index in [0.29, 0.717) is 0 Å². The molecular weight excluding hydrogens is 248 g/mol. The lowest BCUT2D eigenvalue weighted by Crippen LogP contribution is -2.30. The van der Waals surface area contributed by atoms with E-state index in [1.165, 1.54) is 11.3 Å². The van der Waals surface area contributed by atoms with Gasteiger partial charge in [-0.2, -0.15) is 0 Å². The number of hydrogen-bond donors (Lipinski definition) is 2. The van der Waals surface area contributed by atoms with Crippen LogP contribution >= 0.6 is 11.3 Å². The van der Waals surface area contributed by atoms with Crippen molar-refractivity contribution in [3.8, 4) is 0 Å². The van der Waals surface area contributed by atoms with E-state index in [9.17, 15) is 9.90 Å². The van der Waals surface area contributed by atoms with Gasteiger partial charge in [0.15, 0.2) is 0 Å². The van der Waals surface area contributed by atoms with Crippen LogP contribution in [0.4, 0.5) is 0 Å². The number of thiazole rings is 1. The Bertz CT molecular complexity index is 499. The second-order valence-corrected chi connectivity index (χ2v) is 4.89. The van der Waals surface area contributed by atoms with Crippen molar-refractivity contribution >= 4 is 17.3 Å². The zero-order chi connectivity index (χ0) is 13.0. The van der Waals surface area contributed by atoms with Crippen LogP contribution in [0.25, 0.3) is 0 Å². The maximum absolute atomic E-state index is 11.3. The molecule has 0 fully saturated rings. The predicted octanol–water partition coefficient (Wildman–Crippen LogP) is 2.62.